The average Bonchev–Trinajstić information content (AvgIpc) is 2.81. The van der Waals surface area contributed by atoms with Crippen LogP contribution in [0, 0.1) is 11.8 Å². The lowest BCUT2D eigenvalue weighted by Crippen LogP contribution is -2.43. The van der Waals surface area contributed by atoms with Crippen LogP contribution in [-0.2, 0) is 4.79 Å². The van der Waals surface area contributed by atoms with Gasteiger partial charge in [0.2, 0.25) is 5.91 Å². The smallest absolute Gasteiger partial charge is 0.231 e. The molecule has 3 N–H and O–H groups in total. The van der Waals surface area contributed by atoms with Crippen LogP contribution in [-0.4, -0.2) is 43.5 Å². The summed E-state index contributed by atoms with van der Waals surface area (Å²) < 4.78 is 0. The number of benzene rings is 2. The van der Waals surface area contributed by atoms with Crippen LogP contribution in [0.5, 0.6) is 0 Å². The van der Waals surface area contributed by atoms with Gasteiger partial charge in [-0.3, -0.25) is 9.69 Å². The molecular weight excluding hydrogens is 491 g/mol. The van der Waals surface area contributed by atoms with Crippen molar-refractivity contribution in [2.45, 2.75) is 38.6 Å². The minimum Gasteiger partial charge on any atom is -0.377 e. The highest BCUT2D eigenvalue weighted by molar-refractivity contribution is 6.35. The van der Waals surface area contributed by atoms with Gasteiger partial charge in [0.05, 0.1) is 23.3 Å². The average molecular weight is 524 g/mol. The number of hydrogen-bond acceptors (Lipinski definition) is 4. The number of amides is 1. The predicted molar refractivity (Wildman–Crippen MR) is 143 cm³/mol. The van der Waals surface area contributed by atoms with E-state index < -0.39 is 0 Å². The molecule has 0 radical (unpaired) electrons. The van der Waals surface area contributed by atoms with Crippen LogP contribution in [0.15, 0.2) is 36.4 Å². The van der Waals surface area contributed by atoms with E-state index in [-0.39, 0.29) is 11.9 Å². The fourth-order valence-corrected chi connectivity index (χ4v) is 6.16. The molecule has 2 fully saturated rings. The summed E-state index contributed by atoms with van der Waals surface area (Å²) in [4.78, 5) is 15.8. The number of piperidine rings is 2. The van der Waals surface area contributed by atoms with E-state index in [1.807, 2.05) is 18.2 Å². The Balaban J connectivity index is 1.34. The van der Waals surface area contributed by atoms with Gasteiger partial charge >= 0.3 is 0 Å². The lowest BCUT2D eigenvalue weighted by atomic mass is 9.78. The van der Waals surface area contributed by atoms with Crippen LogP contribution >= 0.6 is 34.8 Å². The Bertz CT molecular complexity index is 1000. The van der Waals surface area contributed by atoms with Gasteiger partial charge in [0, 0.05) is 28.8 Å². The number of hydrogen-bond donors (Lipinski definition) is 2. The molecule has 2 aromatic rings. The number of primary amides is 1. The van der Waals surface area contributed by atoms with Crippen molar-refractivity contribution < 1.29 is 4.79 Å². The largest absolute Gasteiger partial charge is 0.377 e. The number of carbonyl (C=O) groups excluding carboxylic acids is 1. The van der Waals surface area contributed by atoms with E-state index in [2.05, 4.69) is 34.2 Å². The van der Waals surface area contributed by atoms with E-state index in [0.717, 1.165) is 62.1 Å². The second kappa shape index (κ2) is 11.4. The van der Waals surface area contributed by atoms with Crippen LogP contribution in [0.3, 0.4) is 0 Å². The van der Waals surface area contributed by atoms with Gasteiger partial charge in [-0.25, -0.2) is 0 Å². The molecule has 0 saturated carbocycles. The van der Waals surface area contributed by atoms with Crippen LogP contribution in [0.2, 0.25) is 15.1 Å². The molecule has 1 atom stereocenters. The van der Waals surface area contributed by atoms with Crippen LogP contribution in [0.1, 0.15) is 44.2 Å². The van der Waals surface area contributed by atoms with Gasteiger partial charge in [0.1, 0.15) is 0 Å². The monoisotopic (exact) mass is 522 g/mol. The molecular formula is C26H33Cl3N4O. The lowest BCUT2D eigenvalue weighted by Gasteiger charge is -2.40. The Kier molecular flexibility index (Phi) is 8.52. The first-order valence-electron chi connectivity index (χ1n) is 12.1. The minimum atomic E-state index is -0.228. The third-order valence-electron chi connectivity index (χ3n) is 7.33. The topological polar surface area (TPSA) is 61.6 Å². The van der Waals surface area contributed by atoms with Gasteiger partial charge in [-0.1, -0.05) is 40.9 Å². The third-order valence-corrected chi connectivity index (χ3v) is 8.23. The molecule has 1 amide bonds. The summed E-state index contributed by atoms with van der Waals surface area (Å²) >= 11 is 19.0. The van der Waals surface area contributed by atoms with E-state index in [1.165, 1.54) is 18.5 Å². The highest BCUT2D eigenvalue weighted by Crippen LogP contribution is 2.37. The van der Waals surface area contributed by atoms with Gasteiger partial charge in [0.25, 0.3) is 0 Å². The van der Waals surface area contributed by atoms with Gasteiger partial charge < -0.3 is 16.0 Å². The maximum absolute atomic E-state index is 11.2. The molecule has 2 heterocycles. The van der Waals surface area contributed by atoms with Crippen LogP contribution < -0.4 is 16.0 Å². The summed E-state index contributed by atoms with van der Waals surface area (Å²) in [6.45, 7) is 6.52. The van der Waals surface area contributed by atoms with E-state index >= 15 is 0 Å². The zero-order chi connectivity index (χ0) is 24.2. The van der Waals surface area contributed by atoms with E-state index in [9.17, 15) is 4.79 Å². The van der Waals surface area contributed by atoms with Crippen molar-refractivity contribution in [2.75, 3.05) is 42.9 Å². The van der Waals surface area contributed by atoms with E-state index in [1.54, 1.807) is 6.07 Å². The second-order valence-corrected chi connectivity index (χ2v) is 10.9. The highest BCUT2D eigenvalue weighted by Gasteiger charge is 2.30. The summed E-state index contributed by atoms with van der Waals surface area (Å²) in [6.07, 6.45) is 4.72. The van der Waals surface area contributed by atoms with Crippen LogP contribution in [0.4, 0.5) is 11.4 Å². The summed E-state index contributed by atoms with van der Waals surface area (Å²) in [5, 5.41) is 5.48. The fourth-order valence-electron chi connectivity index (χ4n) is 5.42. The molecule has 0 spiro atoms. The molecule has 0 aliphatic carbocycles. The number of halogens is 3. The van der Waals surface area contributed by atoms with Crippen molar-refractivity contribution in [2.24, 2.45) is 17.6 Å². The number of nitrogens with two attached hydrogens (primary N) is 1. The molecule has 2 saturated heterocycles. The van der Waals surface area contributed by atoms with Crippen molar-refractivity contribution in [3.05, 3.63) is 57.0 Å². The van der Waals surface area contributed by atoms with E-state index in [0.29, 0.717) is 21.6 Å². The zero-order valence-corrected chi connectivity index (χ0v) is 21.8. The number of rotatable bonds is 7. The fraction of sp³-hybridized carbons (Fsp3) is 0.500. The molecule has 34 heavy (non-hydrogen) atoms. The molecule has 8 heteroatoms. The Labute approximate surface area is 217 Å². The van der Waals surface area contributed by atoms with Gasteiger partial charge in [-0.15, -0.1) is 0 Å². The molecule has 0 bridgehead atoms. The molecule has 0 aromatic heterocycles. The van der Waals surface area contributed by atoms with Crippen molar-refractivity contribution >= 4 is 52.1 Å². The van der Waals surface area contributed by atoms with Crippen molar-refractivity contribution in [1.82, 2.24) is 4.90 Å². The maximum atomic E-state index is 11.2. The summed E-state index contributed by atoms with van der Waals surface area (Å²) in [5.41, 5.74) is 8.43. The first kappa shape index (κ1) is 25.4. The number of carbonyl (C=O) groups is 1. The van der Waals surface area contributed by atoms with Gasteiger partial charge in [-0.05, 0) is 93.4 Å². The molecule has 184 valence electrons. The number of anilines is 2. The third kappa shape index (κ3) is 6.31. The molecule has 0 unspecified atom stereocenters. The summed E-state index contributed by atoms with van der Waals surface area (Å²) in [7, 11) is 0. The predicted octanol–water partition coefficient (Wildman–Crippen LogP) is 6.23. The minimum absolute atomic E-state index is 0.0105. The Morgan fingerprint density at radius 2 is 1.62 bits per heavy atom. The number of nitrogens with zero attached hydrogens (tertiary/aromatic N) is 2. The Hall–Kier alpha value is -1.66. The molecule has 4 rings (SSSR count). The van der Waals surface area contributed by atoms with Crippen molar-refractivity contribution in [1.29, 1.82) is 0 Å². The highest BCUT2D eigenvalue weighted by atomic mass is 35.5. The van der Waals surface area contributed by atoms with Gasteiger partial charge in [0.15, 0.2) is 0 Å². The Morgan fingerprint density at radius 1 is 0.971 bits per heavy atom. The summed E-state index contributed by atoms with van der Waals surface area (Å²) in [6, 6.07) is 11.8. The van der Waals surface area contributed by atoms with Crippen molar-refractivity contribution in [3.63, 3.8) is 0 Å². The quantitative estimate of drug-likeness (QED) is 0.451. The standard InChI is InChI=1S/C26H33Cl3N4O/c1-17(22-4-2-20(27)14-24(22)29)31-25-15-21(3-5-23(25)28)33-12-8-19(9-13-33)18-6-10-32(11-7-18)16-26(30)34/h2-5,14-15,17-19,31H,6-13,16H2,1H3,(H2,30,34)/t17-/m1/s1. The lowest BCUT2D eigenvalue weighted by molar-refractivity contribution is -0.119. The SMILES string of the molecule is C[C@@H](Nc1cc(N2CCC(C3CCN(CC(N)=O)CC3)CC2)ccc1Cl)c1ccc(Cl)cc1Cl. The maximum Gasteiger partial charge on any atom is 0.231 e. The second-order valence-electron chi connectivity index (χ2n) is 9.60. The first-order valence-corrected chi connectivity index (χ1v) is 13.2. The molecule has 2 aromatic carbocycles. The zero-order valence-electron chi connectivity index (χ0n) is 19.6. The molecule has 2 aliphatic heterocycles. The first-order chi connectivity index (χ1) is 16.3. The van der Waals surface area contributed by atoms with Crippen molar-refractivity contribution in [3.8, 4) is 0 Å². The number of likely N-dealkylation sites (tertiary alicyclic amines) is 1. The van der Waals surface area contributed by atoms with Gasteiger partial charge in [-0.2, -0.15) is 0 Å². The molecule has 2 aliphatic rings. The number of nitrogens with one attached hydrogen (secondary N) is 1. The Morgan fingerprint density at radius 3 is 2.24 bits per heavy atom. The van der Waals surface area contributed by atoms with E-state index in [4.69, 9.17) is 40.5 Å². The summed E-state index contributed by atoms with van der Waals surface area (Å²) in [5.74, 6) is 1.27. The normalized spacial score (nSPS) is 19.2. The van der Waals surface area contributed by atoms with Crippen LogP contribution in [0.25, 0.3) is 0 Å². The molecule has 5 nitrogen and oxygen atoms in total.